The van der Waals surface area contributed by atoms with Crippen LogP contribution in [-0.2, 0) is 16.0 Å². The van der Waals surface area contributed by atoms with Gasteiger partial charge in [-0.25, -0.2) is 0 Å². The normalized spacial score (nSPS) is 12.5. The first-order valence-electron chi connectivity index (χ1n) is 10.2. The average Bonchev–Trinajstić information content (AvgIpc) is 3.07. The fourth-order valence-electron chi connectivity index (χ4n) is 3.23. The maximum absolute atomic E-state index is 10.9. The fourth-order valence-corrected chi connectivity index (χ4v) is 3.23. The lowest BCUT2D eigenvalue weighted by atomic mass is 10.2. The quantitative estimate of drug-likeness (QED) is 0.224. The number of aromatic hydroxyl groups is 1. The number of azo groups is 1. The summed E-state index contributed by atoms with van der Waals surface area (Å²) in [5, 5.41) is 20.3. The molecule has 0 bridgehead atoms. The van der Waals surface area contributed by atoms with Crippen molar-refractivity contribution in [1.29, 1.82) is 0 Å². The number of rotatable bonds is 10. The minimum absolute atomic E-state index is 0.0959. The predicted octanol–water partition coefficient (Wildman–Crippen LogP) is 6.79. The molecule has 0 aliphatic heterocycles. The zero-order valence-corrected chi connectivity index (χ0v) is 17.9. The molecular weight excluding hydrogens is 390 g/mol. The second-order valence-corrected chi connectivity index (χ2v) is 6.64. The molecule has 1 aromatic heterocycles. The number of methoxy groups -OCH3 is 1. The number of aryl methyl sites for hydroxylation is 1. The van der Waals surface area contributed by atoms with Crippen LogP contribution in [-0.4, -0.2) is 23.4 Å². The Balaban J connectivity index is 1.84. The Morgan fingerprint density at radius 2 is 1.81 bits per heavy atom. The maximum Gasteiger partial charge on any atom is 0.220 e. The van der Waals surface area contributed by atoms with Crippen LogP contribution in [0.1, 0.15) is 13.3 Å². The summed E-state index contributed by atoms with van der Waals surface area (Å²) >= 11 is 0. The number of nitrogens with zero attached hydrogens (tertiary/aromatic N) is 3. The van der Waals surface area contributed by atoms with Gasteiger partial charge in [0.2, 0.25) is 5.88 Å². The molecule has 31 heavy (non-hydrogen) atoms. The highest BCUT2D eigenvalue weighted by atomic mass is 16.5. The Bertz CT molecular complexity index is 1110. The van der Waals surface area contributed by atoms with Crippen LogP contribution < -0.4 is 0 Å². The molecule has 0 fully saturated rings. The molecular formula is C25H27N3O3. The molecule has 1 N–H and O–H groups in total. The molecule has 0 amide bonds. The molecule has 0 spiro atoms. The van der Waals surface area contributed by atoms with Crippen molar-refractivity contribution >= 4 is 22.3 Å². The molecule has 6 heteroatoms. The van der Waals surface area contributed by atoms with E-state index >= 15 is 0 Å². The lowest BCUT2D eigenvalue weighted by Gasteiger charge is -2.09. The van der Waals surface area contributed by atoms with Crippen LogP contribution in [0.2, 0.25) is 0 Å². The number of hydrogen-bond acceptors (Lipinski definition) is 5. The van der Waals surface area contributed by atoms with Gasteiger partial charge in [-0.1, -0.05) is 49.1 Å². The van der Waals surface area contributed by atoms with Crippen LogP contribution in [0, 0.1) is 0 Å². The zero-order chi connectivity index (χ0) is 22.1. The van der Waals surface area contributed by atoms with Crippen LogP contribution in [0.5, 0.6) is 5.88 Å². The van der Waals surface area contributed by atoms with Gasteiger partial charge >= 0.3 is 0 Å². The van der Waals surface area contributed by atoms with Crippen LogP contribution in [0.15, 0.2) is 101 Å². The number of hydrogen-bond donors (Lipinski definition) is 1. The first kappa shape index (κ1) is 21.9. The van der Waals surface area contributed by atoms with Crippen molar-refractivity contribution in [3.05, 3.63) is 90.9 Å². The summed E-state index contributed by atoms with van der Waals surface area (Å²) in [6.45, 7) is 6.76. The molecule has 3 rings (SSSR count). The third kappa shape index (κ3) is 5.22. The Morgan fingerprint density at radius 3 is 2.52 bits per heavy atom. The minimum atomic E-state index is 0.0959. The van der Waals surface area contributed by atoms with E-state index in [0.717, 1.165) is 16.6 Å². The molecule has 3 aromatic rings. The summed E-state index contributed by atoms with van der Waals surface area (Å²) in [5.41, 5.74) is 2.10. The Hall–Kier alpha value is -3.80. The lowest BCUT2D eigenvalue weighted by Crippen LogP contribution is -1.97. The van der Waals surface area contributed by atoms with E-state index < -0.39 is 0 Å². The lowest BCUT2D eigenvalue weighted by molar-refractivity contribution is 0.205. The average molecular weight is 418 g/mol. The number of ether oxygens (including phenoxy) is 2. The predicted molar refractivity (Wildman–Crippen MR) is 124 cm³/mol. The number of para-hydroxylation sites is 1. The highest BCUT2D eigenvalue weighted by Crippen LogP contribution is 2.39. The summed E-state index contributed by atoms with van der Waals surface area (Å²) in [6.07, 6.45) is 6.13. The van der Waals surface area contributed by atoms with Gasteiger partial charge in [0.1, 0.15) is 0 Å². The molecule has 6 nitrogen and oxygen atoms in total. The van der Waals surface area contributed by atoms with E-state index in [2.05, 4.69) is 16.8 Å². The van der Waals surface area contributed by atoms with Gasteiger partial charge in [0.25, 0.3) is 0 Å². The molecule has 0 radical (unpaired) electrons. The van der Waals surface area contributed by atoms with Crippen LogP contribution in [0.25, 0.3) is 10.9 Å². The molecule has 2 aromatic carbocycles. The molecule has 160 valence electrons. The summed E-state index contributed by atoms with van der Waals surface area (Å²) < 4.78 is 12.8. The van der Waals surface area contributed by atoms with Crippen molar-refractivity contribution in [2.45, 2.75) is 19.9 Å². The number of aromatic nitrogens is 1. The largest absolute Gasteiger partial charge is 0.493 e. The van der Waals surface area contributed by atoms with Crippen molar-refractivity contribution < 1.29 is 14.6 Å². The van der Waals surface area contributed by atoms with E-state index in [1.165, 1.54) is 0 Å². The Morgan fingerprint density at radius 1 is 1.06 bits per heavy atom. The molecule has 0 aliphatic carbocycles. The Kier molecular flexibility index (Phi) is 7.65. The van der Waals surface area contributed by atoms with Crippen molar-refractivity contribution in [1.82, 2.24) is 4.57 Å². The van der Waals surface area contributed by atoms with Crippen molar-refractivity contribution in [2.75, 3.05) is 13.7 Å². The fraction of sp³-hybridized carbons (Fsp3) is 0.200. The van der Waals surface area contributed by atoms with Crippen molar-refractivity contribution in [2.24, 2.45) is 10.2 Å². The van der Waals surface area contributed by atoms with E-state index in [1.54, 1.807) is 13.2 Å². The molecule has 0 aliphatic rings. The highest BCUT2D eigenvalue weighted by Gasteiger charge is 2.15. The van der Waals surface area contributed by atoms with Crippen LogP contribution in [0.4, 0.5) is 11.4 Å². The van der Waals surface area contributed by atoms with E-state index in [1.807, 2.05) is 78.2 Å². The van der Waals surface area contributed by atoms with Crippen molar-refractivity contribution in [3.8, 4) is 5.88 Å². The summed E-state index contributed by atoms with van der Waals surface area (Å²) in [5.74, 6) is 1.30. The smallest absolute Gasteiger partial charge is 0.220 e. The maximum atomic E-state index is 10.9. The van der Waals surface area contributed by atoms with Gasteiger partial charge in [-0.3, -0.25) is 0 Å². The van der Waals surface area contributed by atoms with Gasteiger partial charge < -0.3 is 19.1 Å². The zero-order valence-electron chi connectivity index (χ0n) is 17.9. The third-order valence-corrected chi connectivity index (χ3v) is 4.68. The number of fused-ring (bicyclic) bond motifs is 1. The van der Waals surface area contributed by atoms with Gasteiger partial charge in [-0.2, -0.15) is 5.11 Å². The first-order valence-corrected chi connectivity index (χ1v) is 10.2. The molecule has 0 unspecified atom stereocenters. The van der Waals surface area contributed by atoms with Crippen LogP contribution >= 0.6 is 0 Å². The van der Waals surface area contributed by atoms with E-state index in [9.17, 15) is 5.11 Å². The third-order valence-electron chi connectivity index (χ3n) is 4.68. The molecule has 0 saturated carbocycles. The number of benzene rings is 2. The van der Waals surface area contributed by atoms with E-state index in [4.69, 9.17) is 9.47 Å². The van der Waals surface area contributed by atoms with Gasteiger partial charge in [0.05, 0.1) is 24.9 Å². The van der Waals surface area contributed by atoms with Crippen molar-refractivity contribution in [3.63, 3.8) is 0 Å². The van der Waals surface area contributed by atoms with Gasteiger partial charge in [0.15, 0.2) is 17.2 Å². The number of allylic oxidation sites excluding steroid dienone is 3. The molecule has 0 atom stereocenters. The first-order chi connectivity index (χ1) is 15.2. The summed E-state index contributed by atoms with van der Waals surface area (Å²) in [6, 6.07) is 17.2. The van der Waals surface area contributed by atoms with E-state index in [-0.39, 0.29) is 5.88 Å². The highest BCUT2D eigenvalue weighted by molar-refractivity contribution is 5.95. The molecule has 1 heterocycles. The van der Waals surface area contributed by atoms with Gasteiger partial charge in [0, 0.05) is 11.9 Å². The summed E-state index contributed by atoms with van der Waals surface area (Å²) in [7, 11) is 1.58. The van der Waals surface area contributed by atoms with Crippen LogP contribution in [0.3, 0.4) is 0 Å². The Labute approximate surface area is 182 Å². The van der Waals surface area contributed by atoms with Gasteiger partial charge in [-0.15, -0.1) is 5.11 Å². The minimum Gasteiger partial charge on any atom is -0.493 e. The molecule has 0 saturated heterocycles. The van der Waals surface area contributed by atoms with E-state index in [0.29, 0.717) is 36.8 Å². The standard InChI is InChI=1S/C25H27N3O3/c1-4-22(30-3)23(31-5-2)17-11-12-18-28-21-16-10-9-15-20(21)24(25(28)29)27-26-19-13-7-6-8-14-19/h4,6-11,13-17,29H,1,5,12,18H2,2-3H3/b17-11-,23-22-,27-26?. The second-order valence-electron chi connectivity index (χ2n) is 6.64. The SMILES string of the molecule is C=C/C(OC)=C(\C=C/CCn1c(O)c(N=Nc2ccccc2)c2ccccc21)OCC. The topological polar surface area (TPSA) is 68.3 Å². The summed E-state index contributed by atoms with van der Waals surface area (Å²) in [4.78, 5) is 0. The monoisotopic (exact) mass is 417 g/mol. The second kappa shape index (κ2) is 10.8. The van der Waals surface area contributed by atoms with Gasteiger partial charge in [-0.05, 0) is 43.7 Å².